The molecule has 1 aliphatic rings. The minimum Gasteiger partial charge on any atom is -0.465 e. The number of nitrogens with one attached hydrogen (secondary N) is 1. The fourth-order valence-electron chi connectivity index (χ4n) is 3.64. The number of anilines is 1. The van der Waals surface area contributed by atoms with Gasteiger partial charge in [0.2, 0.25) is 5.91 Å². The average molecular weight is 499 g/mol. The molecular weight excluding hydrogens is 480 g/mol. The number of esters is 1. The maximum atomic E-state index is 13.2. The van der Waals surface area contributed by atoms with Crippen molar-refractivity contribution in [2.45, 2.75) is 29.5 Å². The van der Waals surface area contributed by atoms with E-state index in [1.165, 1.54) is 34.9 Å². The first-order valence-corrected chi connectivity index (χ1v) is 13.0. The molecule has 3 aromatic rings. The summed E-state index contributed by atoms with van der Waals surface area (Å²) in [6.45, 7) is 0.242. The number of rotatable bonds is 5. The number of ether oxygens (including phenoxy) is 1. The Balaban J connectivity index is 1.67. The minimum atomic E-state index is -3.87. The Morgan fingerprint density at radius 2 is 1.94 bits per heavy atom. The number of amides is 1. The van der Waals surface area contributed by atoms with Gasteiger partial charge in [0, 0.05) is 16.6 Å². The fraction of sp³-hybridized carbons (Fsp3) is 0.300. The first-order chi connectivity index (χ1) is 14.8. The Labute approximate surface area is 192 Å². The molecule has 4 rings (SSSR count). The van der Waals surface area contributed by atoms with E-state index < -0.39 is 27.9 Å². The molecule has 0 spiro atoms. The molecule has 1 saturated heterocycles. The summed E-state index contributed by atoms with van der Waals surface area (Å²) in [5, 5.41) is 3.82. The molecular formula is C20H19ClN2O5S3. The molecule has 1 amide bonds. The van der Waals surface area contributed by atoms with E-state index in [9.17, 15) is 18.0 Å². The van der Waals surface area contributed by atoms with Crippen molar-refractivity contribution in [3.63, 3.8) is 0 Å². The highest BCUT2D eigenvalue weighted by Gasteiger charge is 2.39. The van der Waals surface area contributed by atoms with Crippen LogP contribution in [0.1, 0.15) is 29.6 Å². The van der Waals surface area contributed by atoms with Gasteiger partial charge in [-0.2, -0.15) is 4.31 Å². The summed E-state index contributed by atoms with van der Waals surface area (Å²) >= 11 is 8.14. The monoisotopic (exact) mass is 498 g/mol. The second-order valence-electron chi connectivity index (χ2n) is 6.97. The van der Waals surface area contributed by atoms with Gasteiger partial charge in [0.1, 0.15) is 20.8 Å². The van der Waals surface area contributed by atoms with Gasteiger partial charge in [-0.3, -0.25) is 4.79 Å². The Kier molecular flexibility index (Phi) is 6.36. The number of fused-ring (bicyclic) bond motifs is 1. The Morgan fingerprint density at radius 1 is 1.16 bits per heavy atom. The van der Waals surface area contributed by atoms with E-state index in [2.05, 4.69) is 5.32 Å². The molecule has 2 aromatic heterocycles. The summed E-state index contributed by atoms with van der Waals surface area (Å²) < 4.78 is 33.7. The van der Waals surface area contributed by atoms with Crippen LogP contribution in [-0.4, -0.2) is 44.3 Å². The lowest BCUT2D eigenvalue weighted by atomic mass is 10.0. The molecule has 31 heavy (non-hydrogen) atoms. The van der Waals surface area contributed by atoms with Crippen LogP contribution in [0, 0.1) is 0 Å². The largest absolute Gasteiger partial charge is 0.465 e. The molecule has 1 aromatic carbocycles. The van der Waals surface area contributed by atoms with Crippen molar-refractivity contribution >= 4 is 71.3 Å². The standard InChI is InChI=1S/C20H19ClN2O5S3/c1-28-20(25)17-12-6-2-3-8-14(12)29-19(17)22-18(24)13-7-4-5-11-23(13)31(26,27)16-10-9-15(21)30-16/h2-3,6,8-10,13H,4-5,7,11H2,1H3,(H,22,24). The van der Waals surface area contributed by atoms with Crippen molar-refractivity contribution in [3.05, 3.63) is 46.3 Å². The zero-order valence-electron chi connectivity index (χ0n) is 16.5. The number of hydrogen-bond donors (Lipinski definition) is 1. The molecule has 1 fully saturated rings. The molecule has 0 saturated carbocycles. The zero-order chi connectivity index (χ0) is 22.2. The third-order valence-corrected chi connectivity index (χ3v) is 9.78. The molecule has 0 aliphatic carbocycles. The van der Waals surface area contributed by atoms with Gasteiger partial charge in [-0.25, -0.2) is 13.2 Å². The number of halogens is 1. The smallest absolute Gasteiger partial charge is 0.341 e. The number of nitrogens with zero attached hydrogens (tertiary/aromatic N) is 1. The molecule has 164 valence electrons. The second-order valence-corrected chi connectivity index (χ2v) is 11.9. The normalized spacial score (nSPS) is 17.5. The van der Waals surface area contributed by atoms with Gasteiger partial charge in [-0.15, -0.1) is 22.7 Å². The topological polar surface area (TPSA) is 92.8 Å². The highest BCUT2D eigenvalue weighted by molar-refractivity contribution is 7.91. The summed E-state index contributed by atoms with van der Waals surface area (Å²) in [5.74, 6) is -1.03. The summed E-state index contributed by atoms with van der Waals surface area (Å²) in [6.07, 6.45) is 1.78. The Bertz CT molecular complexity index is 1250. The summed E-state index contributed by atoms with van der Waals surface area (Å²) in [5.41, 5.74) is 0.270. The lowest BCUT2D eigenvalue weighted by Gasteiger charge is -2.33. The van der Waals surface area contributed by atoms with Crippen LogP contribution >= 0.6 is 34.3 Å². The summed E-state index contributed by atoms with van der Waals surface area (Å²) in [4.78, 5) is 25.6. The quantitative estimate of drug-likeness (QED) is 0.519. The molecule has 7 nitrogen and oxygen atoms in total. The molecule has 3 heterocycles. The van der Waals surface area contributed by atoms with Crippen molar-refractivity contribution in [2.75, 3.05) is 19.0 Å². The number of piperidine rings is 1. The highest BCUT2D eigenvalue weighted by Crippen LogP contribution is 2.37. The molecule has 1 N–H and O–H groups in total. The number of carbonyl (C=O) groups is 2. The van der Waals surface area contributed by atoms with Gasteiger partial charge in [0.15, 0.2) is 0 Å². The van der Waals surface area contributed by atoms with Gasteiger partial charge in [-0.1, -0.05) is 36.2 Å². The number of methoxy groups -OCH3 is 1. The van der Waals surface area contributed by atoms with E-state index in [4.69, 9.17) is 16.3 Å². The molecule has 11 heteroatoms. The number of sulfonamides is 1. The third kappa shape index (κ3) is 4.22. The lowest BCUT2D eigenvalue weighted by molar-refractivity contribution is -0.120. The molecule has 0 bridgehead atoms. The predicted molar refractivity (Wildman–Crippen MR) is 123 cm³/mol. The average Bonchev–Trinajstić information content (AvgIpc) is 3.36. The van der Waals surface area contributed by atoms with E-state index in [1.807, 2.05) is 12.1 Å². The second kappa shape index (κ2) is 8.87. The number of carbonyl (C=O) groups excluding carboxylic acids is 2. The van der Waals surface area contributed by atoms with Gasteiger partial charge in [-0.05, 0) is 31.0 Å². The van der Waals surface area contributed by atoms with E-state index >= 15 is 0 Å². The van der Waals surface area contributed by atoms with E-state index in [1.54, 1.807) is 12.1 Å². The van der Waals surface area contributed by atoms with Gasteiger partial charge >= 0.3 is 5.97 Å². The summed E-state index contributed by atoms with van der Waals surface area (Å²) in [7, 11) is -2.59. The molecule has 0 radical (unpaired) electrons. The summed E-state index contributed by atoms with van der Waals surface area (Å²) in [6, 6.07) is 9.37. The van der Waals surface area contributed by atoms with Crippen LogP contribution in [0.15, 0.2) is 40.6 Å². The Morgan fingerprint density at radius 3 is 2.65 bits per heavy atom. The first-order valence-electron chi connectivity index (χ1n) is 9.51. The van der Waals surface area contributed by atoms with Crippen LogP contribution in [0.3, 0.4) is 0 Å². The van der Waals surface area contributed by atoms with Crippen LogP contribution in [0.25, 0.3) is 10.1 Å². The number of thiophene rings is 2. The van der Waals surface area contributed by atoms with Crippen LogP contribution in [0.4, 0.5) is 5.00 Å². The first kappa shape index (κ1) is 22.2. The van der Waals surface area contributed by atoms with Crippen LogP contribution in [-0.2, 0) is 19.6 Å². The lowest BCUT2D eigenvalue weighted by Crippen LogP contribution is -2.49. The number of hydrogen-bond acceptors (Lipinski definition) is 7. The van der Waals surface area contributed by atoms with Crippen molar-refractivity contribution in [2.24, 2.45) is 0 Å². The fourth-order valence-corrected chi connectivity index (χ4v) is 8.00. The molecule has 1 atom stereocenters. The van der Waals surface area contributed by atoms with Crippen molar-refractivity contribution in [1.29, 1.82) is 0 Å². The van der Waals surface area contributed by atoms with Gasteiger partial charge in [0.05, 0.1) is 11.4 Å². The maximum Gasteiger partial charge on any atom is 0.341 e. The SMILES string of the molecule is COC(=O)c1c(NC(=O)C2CCCCN2S(=O)(=O)c2ccc(Cl)s2)sc2ccccc12. The van der Waals surface area contributed by atoms with Gasteiger partial charge in [0.25, 0.3) is 10.0 Å². The minimum absolute atomic E-state index is 0.106. The predicted octanol–water partition coefficient (Wildman–Crippen LogP) is 4.58. The number of benzene rings is 1. The maximum absolute atomic E-state index is 13.2. The van der Waals surface area contributed by atoms with Crippen LogP contribution in [0.2, 0.25) is 4.34 Å². The molecule has 1 unspecified atom stereocenters. The molecule has 1 aliphatic heterocycles. The van der Waals surface area contributed by atoms with Gasteiger partial charge < -0.3 is 10.1 Å². The van der Waals surface area contributed by atoms with Crippen molar-refractivity contribution in [1.82, 2.24) is 4.31 Å². The van der Waals surface area contributed by atoms with E-state index in [0.717, 1.165) is 22.5 Å². The Hall–Kier alpha value is -1.98. The van der Waals surface area contributed by atoms with Crippen LogP contribution in [0.5, 0.6) is 0 Å². The zero-order valence-corrected chi connectivity index (χ0v) is 19.7. The van der Waals surface area contributed by atoms with Crippen molar-refractivity contribution in [3.8, 4) is 0 Å². The highest BCUT2D eigenvalue weighted by atomic mass is 35.5. The third-order valence-electron chi connectivity index (χ3n) is 5.09. The van der Waals surface area contributed by atoms with E-state index in [0.29, 0.717) is 27.6 Å². The van der Waals surface area contributed by atoms with Crippen molar-refractivity contribution < 1.29 is 22.7 Å². The van der Waals surface area contributed by atoms with E-state index in [-0.39, 0.29) is 16.3 Å². The van der Waals surface area contributed by atoms with Crippen LogP contribution < -0.4 is 5.32 Å².